The van der Waals surface area contributed by atoms with E-state index in [2.05, 4.69) is 36.3 Å². The lowest BCUT2D eigenvalue weighted by Crippen LogP contribution is -2.23. The highest BCUT2D eigenvalue weighted by molar-refractivity contribution is 7.99. The Balaban J connectivity index is 1.54. The van der Waals surface area contributed by atoms with Crippen LogP contribution in [0.5, 0.6) is 6.01 Å². The molecule has 2 aromatic carbocycles. The Morgan fingerprint density at radius 3 is 2.26 bits per heavy atom. The van der Waals surface area contributed by atoms with Crippen LogP contribution in [0.4, 0.5) is 11.5 Å². The van der Waals surface area contributed by atoms with Crippen molar-refractivity contribution in [3.63, 3.8) is 0 Å². The van der Waals surface area contributed by atoms with Gasteiger partial charge in [-0.3, -0.25) is 9.71 Å². The van der Waals surface area contributed by atoms with Gasteiger partial charge in [-0.15, -0.1) is 11.8 Å². The number of benzene rings is 2. The van der Waals surface area contributed by atoms with Crippen LogP contribution in [-0.4, -0.2) is 45.7 Å². The number of para-hydroxylation sites is 1. The third kappa shape index (κ3) is 7.59. The molecule has 2 N–H and O–H groups in total. The summed E-state index contributed by atoms with van der Waals surface area (Å²) >= 11 is 1.65. The lowest BCUT2D eigenvalue weighted by atomic mass is 10.0. The Morgan fingerprint density at radius 1 is 0.857 bits per heavy atom. The minimum absolute atomic E-state index is 0.135. The molecule has 0 atom stereocenters. The average molecular weight is 600 g/mol. The molecule has 0 unspecified atom stereocenters. The van der Waals surface area contributed by atoms with Crippen molar-refractivity contribution in [2.75, 3.05) is 21.8 Å². The van der Waals surface area contributed by atoms with E-state index in [0.29, 0.717) is 34.8 Å². The SMILES string of the molecule is CCSc1cnc(OCCc2nc(-c3ccncc3)nc(NS(=O)(=O)Nc3ccccc3)c2-c2ccc(C)cc2)nc1. The summed E-state index contributed by atoms with van der Waals surface area (Å²) < 4.78 is 37.7. The van der Waals surface area contributed by atoms with Crippen LogP contribution in [0, 0.1) is 6.92 Å². The number of ether oxygens (including phenoxy) is 1. The second kappa shape index (κ2) is 13.4. The third-order valence-corrected chi connectivity index (χ3v) is 7.80. The molecule has 0 aliphatic heterocycles. The van der Waals surface area contributed by atoms with Crippen LogP contribution in [0.3, 0.4) is 0 Å². The van der Waals surface area contributed by atoms with Gasteiger partial charge in [-0.05, 0) is 42.5 Å². The number of pyridine rings is 1. The number of hydrogen-bond acceptors (Lipinski definition) is 9. The topological polar surface area (TPSA) is 132 Å². The van der Waals surface area contributed by atoms with Crippen molar-refractivity contribution in [3.05, 3.63) is 103 Å². The molecule has 0 spiro atoms. The molecule has 10 nitrogen and oxygen atoms in total. The number of rotatable bonds is 12. The summed E-state index contributed by atoms with van der Waals surface area (Å²) in [4.78, 5) is 23.2. The standard InChI is InChI=1S/C30H29N7O3S2/c1-3-41-25-19-32-30(33-20-25)40-18-15-26-27(22-11-9-21(2)10-12-22)29(35-28(34-26)23-13-16-31-17-14-23)37-42(38,39)36-24-7-5-4-6-8-24/h4-14,16-17,19-20,36H,3,15,18H2,1-2H3,(H,34,35,37). The molecule has 3 aromatic heterocycles. The van der Waals surface area contributed by atoms with Crippen molar-refractivity contribution in [3.8, 4) is 28.5 Å². The van der Waals surface area contributed by atoms with Gasteiger partial charge in [-0.25, -0.2) is 24.7 Å². The van der Waals surface area contributed by atoms with E-state index >= 15 is 0 Å². The molecule has 5 aromatic rings. The predicted molar refractivity (Wildman–Crippen MR) is 166 cm³/mol. The van der Waals surface area contributed by atoms with Crippen molar-refractivity contribution in [1.29, 1.82) is 0 Å². The molecule has 0 aliphatic rings. The normalized spacial score (nSPS) is 11.2. The zero-order valence-corrected chi connectivity index (χ0v) is 24.7. The van der Waals surface area contributed by atoms with Crippen molar-refractivity contribution in [2.45, 2.75) is 25.2 Å². The first kappa shape index (κ1) is 29.0. The molecule has 42 heavy (non-hydrogen) atoms. The molecule has 3 heterocycles. The molecule has 0 radical (unpaired) electrons. The van der Waals surface area contributed by atoms with Crippen molar-refractivity contribution < 1.29 is 13.2 Å². The monoisotopic (exact) mass is 599 g/mol. The van der Waals surface area contributed by atoms with Crippen molar-refractivity contribution >= 4 is 33.5 Å². The van der Waals surface area contributed by atoms with Crippen molar-refractivity contribution in [2.24, 2.45) is 0 Å². The number of anilines is 2. The molecular weight excluding hydrogens is 571 g/mol. The van der Waals surface area contributed by atoms with Gasteiger partial charge < -0.3 is 4.74 Å². The largest absolute Gasteiger partial charge is 0.463 e. The number of hydrogen-bond donors (Lipinski definition) is 2. The smallest absolute Gasteiger partial charge is 0.322 e. The molecule has 0 saturated carbocycles. The minimum Gasteiger partial charge on any atom is -0.463 e. The van der Waals surface area contributed by atoms with Crippen LogP contribution >= 0.6 is 11.8 Å². The molecule has 0 saturated heterocycles. The van der Waals surface area contributed by atoms with E-state index in [1.165, 1.54) is 0 Å². The number of aromatic nitrogens is 5. The second-order valence-corrected chi connectivity index (χ2v) is 11.9. The van der Waals surface area contributed by atoms with Gasteiger partial charge in [-0.2, -0.15) is 8.42 Å². The van der Waals surface area contributed by atoms with E-state index in [1.807, 2.05) is 37.3 Å². The van der Waals surface area contributed by atoms with Gasteiger partial charge in [0, 0.05) is 47.2 Å². The summed E-state index contributed by atoms with van der Waals surface area (Å²) in [5.74, 6) is 1.40. The second-order valence-electron chi connectivity index (χ2n) is 9.13. The summed E-state index contributed by atoms with van der Waals surface area (Å²) in [6, 6.07) is 20.2. The summed E-state index contributed by atoms with van der Waals surface area (Å²) in [5, 5.41) is 0. The van der Waals surface area contributed by atoms with Gasteiger partial charge in [-0.1, -0.05) is 55.0 Å². The number of thioether (sulfide) groups is 1. The molecule has 5 rings (SSSR count). The van der Waals surface area contributed by atoms with Crippen LogP contribution in [0.2, 0.25) is 0 Å². The van der Waals surface area contributed by atoms with Crippen LogP contribution in [0.1, 0.15) is 18.2 Å². The fourth-order valence-corrected chi connectivity index (χ4v) is 5.58. The van der Waals surface area contributed by atoms with Crippen molar-refractivity contribution in [1.82, 2.24) is 24.9 Å². The zero-order chi connectivity index (χ0) is 29.4. The lowest BCUT2D eigenvalue weighted by Gasteiger charge is -2.18. The molecule has 214 valence electrons. The molecule has 12 heteroatoms. The molecule has 0 fully saturated rings. The Labute approximate surface area is 249 Å². The van der Waals surface area contributed by atoms with E-state index < -0.39 is 10.2 Å². The Hall–Kier alpha value is -4.55. The van der Waals surface area contributed by atoms with Crippen LogP contribution < -0.4 is 14.2 Å². The zero-order valence-electron chi connectivity index (χ0n) is 23.1. The first-order valence-electron chi connectivity index (χ1n) is 13.2. The number of nitrogens with zero attached hydrogens (tertiary/aromatic N) is 5. The highest BCUT2D eigenvalue weighted by Crippen LogP contribution is 2.33. The Morgan fingerprint density at radius 2 is 1.57 bits per heavy atom. The van der Waals surface area contributed by atoms with E-state index in [4.69, 9.17) is 9.72 Å². The highest BCUT2D eigenvalue weighted by Gasteiger charge is 2.22. The fraction of sp³-hybridized carbons (Fsp3) is 0.167. The maximum atomic E-state index is 13.3. The Bertz CT molecular complexity index is 1720. The van der Waals surface area contributed by atoms with Gasteiger partial charge in [0.05, 0.1) is 18.0 Å². The molecular formula is C30H29N7O3S2. The number of aryl methyl sites for hydroxylation is 1. The highest BCUT2D eigenvalue weighted by atomic mass is 32.2. The summed E-state index contributed by atoms with van der Waals surface area (Å²) in [6.07, 6.45) is 7.06. The first-order valence-corrected chi connectivity index (χ1v) is 15.7. The summed E-state index contributed by atoms with van der Waals surface area (Å²) in [5.41, 5.74) is 4.06. The van der Waals surface area contributed by atoms with E-state index in [9.17, 15) is 8.42 Å². The average Bonchev–Trinajstić information content (AvgIpc) is 2.99. The summed E-state index contributed by atoms with van der Waals surface area (Å²) in [6.45, 7) is 4.26. The van der Waals surface area contributed by atoms with Crippen LogP contribution in [0.15, 0.2) is 96.4 Å². The van der Waals surface area contributed by atoms with E-state index in [0.717, 1.165) is 21.8 Å². The third-order valence-electron chi connectivity index (χ3n) is 6.01. The molecule has 0 aliphatic carbocycles. The first-order chi connectivity index (χ1) is 20.4. The lowest BCUT2D eigenvalue weighted by molar-refractivity contribution is 0.294. The van der Waals surface area contributed by atoms with Crippen LogP contribution in [0.25, 0.3) is 22.5 Å². The van der Waals surface area contributed by atoms with Gasteiger partial charge >= 0.3 is 16.2 Å². The van der Waals surface area contributed by atoms with E-state index in [-0.39, 0.29) is 18.4 Å². The predicted octanol–water partition coefficient (Wildman–Crippen LogP) is 5.81. The summed E-state index contributed by atoms with van der Waals surface area (Å²) in [7, 11) is -4.07. The quantitative estimate of drug-likeness (QED) is 0.171. The fourth-order valence-electron chi connectivity index (χ4n) is 4.09. The van der Waals surface area contributed by atoms with Gasteiger partial charge in [0.1, 0.15) is 0 Å². The maximum Gasteiger partial charge on any atom is 0.322 e. The van der Waals surface area contributed by atoms with Gasteiger partial charge in [0.15, 0.2) is 11.6 Å². The van der Waals surface area contributed by atoms with Gasteiger partial charge in [0.25, 0.3) is 0 Å². The van der Waals surface area contributed by atoms with E-state index in [1.54, 1.807) is 72.9 Å². The minimum atomic E-state index is -4.07. The Kier molecular flexibility index (Phi) is 9.25. The molecule has 0 amide bonds. The molecule has 0 bridgehead atoms. The number of nitrogens with one attached hydrogen (secondary N) is 2. The van der Waals surface area contributed by atoms with Crippen LogP contribution in [-0.2, 0) is 16.6 Å². The maximum absolute atomic E-state index is 13.3. The van der Waals surface area contributed by atoms with Gasteiger partial charge in [0.2, 0.25) is 0 Å².